The summed E-state index contributed by atoms with van der Waals surface area (Å²) < 4.78 is 0. The smallest absolute Gasteiger partial charge is 0.672 e. The van der Waals surface area contributed by atoms with Crippen molar-refractivity contribution in [2.45, 2.75) is 133 Å². The summed E-state index contributed by atoms with van der Waals surface area (Å²) in [7, 11) is 0. The molecule has 0 heterocycles. The van der Waals surface area contributed by atoms with E-state index in [0.29, 0.717) is 23.7 Å². The van der Waals surface area contributed by atoms with E-state index in [4.69, 9.17) is 22.9 Å². The first-order valence-corrected chi connectivity index (χ1v) is 10.8. The standard InChI is InChI=1S/4C6H14N.Hf/c4*1-5(2)6(3,4)7;/h4*5,7H,1-4H3;/q4*-1;+4. The third-order valence-electron chi connectivity index (χ3n) is 5.77. The van der Waals surface area contributed by atoms with E-state index in [1.54, 1.807) is 0 Å². The molecular weight excluding hydrogens is 523 g/mol. The van der Waals surface area contributed by atoms with Crippen LogP contribution in [-0.2, 0) is 25.8 Å². The normalized spacial score (nSPS) is 12.4. The van der Waals surface area contributed by atoms with Crippen molar-refractivity contribution in [1.29, 1.82) is 0 Å². The maximum absolute atomic E-state index is 7.39. The number of hydrogen-bond donors (Lipinski definition) is 0. The van der Waals surface area contributed by atoms with Gasteiger partial charge in [-0.15, -0.1) is 22.2 Å². The quantitative estimate of drug-likeness (QED) is 0.297. The SMILES string of the molecule is CC(C)C(C)(C)[NH-].CC(C)C(C)(C)[NH-].CC(C)C(C)(C)[NH-].CC(C)C(C)(C)[NH-].[Hf+4]. The zero-order valence-corrected chi connectivity index (χ0v) is 26.4. The number of nitrogens with one attached hydrogen (secondary N) is 4. The minimum atomic E-state index is -0.250. The zero-order chi connectivity index (χ0) is 24.3. The topological polar surface area (TPSA) is 95.2 Å². The average molecular weight is 579 g/mol. The Balaban J connectivity index is -0.0000000873. The van der Waals surface area contributed by atoms with Gasteiger partial charge in [0.15, 0.2) is 0 Å². The van der Waals surface area contributed by atoms with Gasteiger partial charge >= 0.3 is 25.8 Å². The number of rotatable bonds is 4. The molecule has 0 amide bonds. The summed E-state index contributed by atoms with van der Waals surface area (Å²) in [6, 6.07) is 0. The first-order chi connectivity index (χ1) is 11.8. The van der Waals surface area contributed by atoms with Crippen molar-refractivity contribution in [3.63, 3.8) is 0 Å². The predicted octanol–water partition coefficient (Wildman–Crippen LogP) is 9.89. The minimum Gasteiger partial charge on any atom is -0.672 e. The van der Waals surface area contributed by atoms with Crippen LogP contribution >= 0.6 is 0 Å². The van der Waals surface area contributed by atoms with Crippen molar-refractivity contribution in [2.24, 2.45) is 23.7 Å². The van der Waals surface area contributed by atoms with Crippen molar-refractivity contribution in [3.05, 3.63) is 22.9 Å². The molecule has 0 fully saturated rings. The monoisotopic (exact) mass is 580 g/mol. The first kappa shape index (κ1) is 40.1. The summed E-state index contributed by atoms with van der Waals surface area (Å²) in [4.78, 5) is 0. The third-order valence-corrected chi connectivity index (χ3v) is 5.77. The van der Waals surface area contributed by atoms with Crippen LogP contribution in [0, 0.1) is 23.7 Å². The zero-order valence-electron chi connectivity index (χ0n) is 22.8. The molecule has 0 bridgehead atoms. The van der Waals surface area contributed by atoms with Gasteiger partial charge in [-0.2, -0.15) is 0 Å². The van der Waals surface area contributed by atoms with Crippen molar-refractivity contribution >= 4 is 0 Å². The van der Waals surface area contributed by atoms with Crippen LogP contribution in [0.2, 0.25) is 0 Å². The molecule has 0 aliphatic carbocycles. The fourth-order valence-corrected chi connectivity index (χ4v) is 0. The molecule has 0 aromatic heterocycles. The maximum atomic E-state index is 7.39. The molecule has 4 N–H and O–H groups in total. The molecule has 4 nitrogen and oxygen atoms in total. The molecule has 0 saturated heterocycles. The van der Waals surface area contributed by atoms with Crippen LogP contribution in [0.4, 0.5) is 0 Å². The second-order valence-electron chi connectivity index (χ2n) is 11.5. The van der Waals surface area contributed by atoms with E-state index in [1.165, 1.54) is 0 Å². The van der Waals surface area contributed by atoms with Gasteiger partial charge in [0.2, 0.25) is 0 Å². The number of hydrogen-bond acceptors (Lipinski definition) is 0. The van der Waals surface area contributed by atoms with E-state index in [0.717, 1.165) is 0 Å². The second-order valence-corrected chi connectivity index (χ2v) is 11.5. The molecule has 0 aliphatic heterocycles. The summed E-state index contributed by atoms with van der Waals surface area (Å²) in [5, 5.41) is 0. The van der Waals surface area contributed by atoms with E-state index >= 15 is 0 Å². The van der Waals surface area contributed by atoms with Gasteiger partial charge in [-0.25, -0.2) is 0 Å². The Hall–Kier alpha value is 0.710. The van der Waals surface area contributed by atoms with E-state index in [1.807, 2.05) is 55.4 Å². The summed E-state index contributed by atoms with van der Waals surface area (Å²) >= 11 is 0. The van der Waals surface area contributed by atoms with Crippen molar-refractivity contribution < 1.29 is 25.8 Å². The van der Waals surface area contributed by atoms with Crippen LogP contribution in [0.5, 0.6) is 0 Å². The second kappa shape index (κ2) is 16.4. The van der Waals surface area contributed by atoms with Crippen molar-refractivity contribution in [1.82, 2.24) is 0 Å². The first-order valence-electron chi connectivity index (χ1n) is 10.8. The van der Waals surface area contributed by atoms with Gasteiger partial charge in [0.05, 0.1) is 0 Å². The molecule has 5 heteroatoms. The summed E-state index contributed by atoms with van der Waals surface area (Å²) in [5.41, 5.74) is 28.5. The van der Waals surface area contributed by atoms with Crippen LogP contribution in [0.25, 0.3) is 22.9 Å². The Morgan fingerprint density at radius 2 is 0.379 bits per heavy atom. The predicted molar refractivity (Wildman–Crippen MR) is 133 cm³/mol. The van der Waals surface area contributed by atoms with Crippen LogP contribution < -0.4 is 0 Å². The molecule has 29 heavy (non-hydrogen) atoms. The molecular formula is C24H56HfN4. The summed E-state index contributed by atoms with van der Waals surface area (Å²) in [6.07, 6.45) is 0. The van der Waals surface area contributed by atoms with Gasteiger partial charge in [-0.1, -0.05) is 134 Å². The van der Waals surface area contributed by atoms with Gasteiger partial charge in [-0.3, -0.25) is 0 Å². The van der Waals surface area contributed by atoms with Crippen molar-refractivity contribution in [2.75, 3.05) is 0 Å². The van der Waals surface area contributed by atoms with Gasteiger partial charge in [0.1, 0.15) is 0 Å². The van der Waals surface area contributed by atoms with Gasteiger partial charge in [0, 0.05) is 0 Å². The van der Waals surface area contributed by atoms with E-state index in [9.17, 15) is 0 Å². The molecule has 0 atom stereocenters. The van der Waals surface area contributed by atoms with Crippen LogP contribution in [0.15, 0.2) is 0 Å². The Morgan fingerprint density at radius 3 is 0.379 bits per heavy atom. The minimum absolute atomic E-state index is 0. The Bertz CT molecular complexity index is 277. The molecule has 0 saturated carbocycles. The van der Waals surface area contributed by atoms with Gasteiger partial charge in [0.25, 0.3) is 0 Å². The Kier molecular flexibility index (Phi) is 22.6. The molecule has 0 rings (SSSR count). The van der Waals surface area contributed by atoms with Crippen LogP contribution in [-0.4, -0.2) is 22.2 Å². The van der Waals surface area contributed by atoms with E-state index < -0.39 is 0 Å². The van der Waals surface area contributed by atoms with Crippen molar-refractivity contribution in [3.8, 4) is 0 Å². The van der Waals surface area contributed by atoms with Gasteiger partial charge in [-0.05, 0) is 0 Å². The van der Waals surface area contributed by atoms with E-state index in [2.05, 4.69) is 55.4 Å². The Morgan fingerprint density at radius 1 is 0.345 bits per heavy atom. The van der Waals surface area contributed by atoms with E-state index in [-0.39, 0.29) is 48.0 Å². The largest absolute Gasteiger partial charge is 4.00 e. The molecule has 176 valence electrons. The Labute approximate surface area is 204 Å². The molecule has 0 aromatic carbocycles. The fraction of sp³-hybridized carbons (Fsp3) is 1.00. The maximum Gasteiger partial charge on any atom is 4.00 e. The average Bonchev–Trinajstić information content (AvgIpc) is 2.35. The summed E-state index contributed by atoms with van der Waals surface area (Å²) in [5.74, 6) is 1.86. The van der Waals surface area contributed by atoms with Gasteiger partial charge < -0.3 is 22.9 Å². The fourth-order valence-electron chi connectivity index (χ4n) is 0. The molecule has 0 radical (unpaired) electrons. The molecule has 0 unspecified atom stereocenters. The molecule has 0 aliphatic rings. The molecule has 0 aromatic rings. The third kappa shape index (κ3) is 33.5. The van der Waals surface area contributed by atoms with Crippen LogP contribution in [0.1, 0.15) is 111 Å². The van der Waals surface area contributed by atoms with Crippen LogP contribution in [0.3, 0.4) is 0 Å². The molecule has 0 spiro atoms. The summed E-state index contributed by atoms with van der Waals surface area (Å²) in [6.45, 7) is 31.9.